The van der Waals surface area contributed by atoms with Gasteiger partial charge in [0.1, 0.15) is 0 Å². The van der Waals surface area contributed by atoms with Gasteiger partial charge in [-0.3, -0.25) is 0 Å². The molecule has 1 heterocycles. The van der Waals surface area contributed by atoms with Crippen LogP contribution in [0.2, 0.25) is 0 Å². The van der Waals surface area contributed by atoms with E-state index >= 15 is 0 Å². The number of ether oxygens (including phenoxy) is 2. The molecule has 1 aliphatic heterocycles. The van der Waals surface area contributed by atoms with Gasteiger partial charge in [-0.2, -0.15) is 0 Å². The molecule has 2 fully saturated rings. The highest BCUT2D eigenvalue weighted by Gasteiger charge is 2.40. The van der Waals surface area contributed by atoms with Gasteiger partial charge in [-0.05, 0) is 12.8 Å². The summed E-state index contributed by atoms with van der Waals surface area (Å²) in [4.78, 5) is 0. The summed E-state index contributed by atoms with van der Waals surface area (Å²) in [5.41, 5.74) is 0. The molecule has 0 N–H and O–H groups in total. The zero-order valence-electron chi connectivity index (χ0n) is 6.38. The van der Waals surface area contributed by atoms with E-state index in [4.69, 9.17) is 9.47 Å². The van der Waals surface area contributed by atoms with E-state index in [-0.39, 0.29) is 0 Å². The summed E-state index contributed by atoms with van der Waals surface area (Å²) in [6.45, 7) is 0.825. The van der Waals surface area contributed by atoms with Crippen LogP contribution in [0.5, 0.6) is 0 Å². The molecular formula is C8H14O2. The van der Waals surface area contributed by atoms with Crippen molar-refractivity contribution in [2.24, 2.45) is 5.92 Å². The summed E-state index contributed by atoms with van der Waals surface area (Å²) in [5.74, 6) is 0.713. The molecule has 2 aliphatic rings. The van der Waals surface area contributed by atoms with Gasteiger partial charge in [0.15, 0.2) is 0 Å². The second-order valence-corrected chi connectivity index (χ2v) is 3.24. The molecule has 58 valence electrons. The fourth-order valence-electron chi connectivity index (χ4n) is 2.17. The fraction of sp³-hybridized carbons (Fsp3) is 1.00. The van der Waals surface area contributed by atoms with Crippen LogP contribution in [-0.4, -0.2) is 25.9 Å². The molecule has 1 saturated carbocycles. The molecule has 0 aromatic heterocycles. The van der Waals surface area contributed by atoms with Gasteiger partial charge in [0, 0.05) is 13.0 Å². The quantitative estimate of drug-likeness (QED) is 0.547. The molecule has 0 spiro atoms. The zero-order valence-corrected chi connectivity index (χ0v) is 6.38. The Morgan fingerprint density at radius 1 is 1.40 bits per heavy atom. The van der Waals surface area contributed by atoms with Crippen molar-refractivity contribution in [2.75, 3.05) is 13.7 Å². The van der Waals surface area contributed by atoms with E-state index in [1.807, 2.05) is 0 Å². The van der Waals surface area contributed by atoms with Crippen LogP contribution in [0, 0.1) is 5.92 Å². The lowest BCUT2D eigenvalue weighted by Crippen LogP contribution is -2.20. The van der Waals surface area contributed by atoms with Crippen LogP contribution in [0.4, 0.5) is 0 Å². The Bertz CT molecular complexity index is 124. The lowest BCUT2D eigenvalue weighted by atomic mass is 10.0. The number of rotatable bonds is 1. The van der Waals surface area contributed by atoms with E-state index in [1.165, 1.54) is 19.3 Å². The minimum atomic E-state index is 0.396. The Labute approximate surface area is 61.5 Å². The van der Waals surface area contributed by atoms with Crippen molar-refractivity contribution in [1.82, 2.24) is 0 Å². The lowest BCUT2D eigenvalue weighted by Gasteiger charge is -2.12. The highest BCUT2D eigenvalue weighted by molar-refractivity contribution is 4.89. The molecule has 0 aromatic carbocycles. The molecule has 2 unspecified atom stereocenters. The predicted molar refractivity (Wildman–Crippen MR) is 37.9 cm³/mol. The van der Waals surface area contributed by atoms with E-state index in [9.17, 15) is 0 Å². The summed E-state index contributed by atoms with van der Waals surface area (Å²) < 4.78 is 10.9. The monoisotopic (exact) mass is 142 g/mol. The van der Waals surface area contributed by atoms with Crippen LogP contribution in [0.3, 0.4) is 0 Å². The van der Waals surface area contributed by atoms with Crippen molar-refractivity contribution in [3.63, 3.8) is 0 Å². The van der Waals surface area contributed by atoms with Gasteiger partial charge in [0.2, 0.25) is 0 Å². The van der Waals surface area contributed by atoms with Gasteiger partial charge in [-0.15, -0.1) is 0 Å². The molecule has 2 nitrogen and oxygen atoms in total. The summed E-state index contributed by atoms with van der Waals surface area (Å²) in [7, 11) is 1.79. The summed E-state index contributed by atoms with van der Waals surface area (Å²) in [6.07, 6.45) is 4.82. The average Bonchev–Trinajstić information content (AvgIpc) is 2.44. The standard InChI is InChI=1S/C8H14O2/c1-9-8-5-10-7-4-2-3-6(7)8/h6-8H,2-5H2,1H3/t6?,7-,8?/m0/s1. The van der Waals surface area contributed by atoms with Crippen LogP contribution in [0.15, 0.2) is 0 Å². The molecule has 2 rings (SSSR count). The van der Waals surface area contributed by atoms with Crippen molar-refractivity contribution in [3.05, 3.63) is 0 Å². The van der Waals surface area contributed by atoms with Gasteiger partial charge >= 0.3 is 0 Å². The van der Waals surface area contributed by atoms with E-state index in [0.29, 0.717) is 18.1 Å². The molecule has 2 heteroatoms. The first-order valence-corrected chi connectivity index (χ1v) is 4.06. The topological polar surface area (TPSA) is 18.5 Å². The second kappa shape index (κ2) is 2.51. The Kier molecular flexibility index (Phi) is 1.66. The Morgan fingerprint density at radius 3 is 3.10 bits per heavy atom. The minimum absolute atomic E-state index is 0.396. The lowest BCUT2D eigenvalue weighted by molar-refractivity contribution is 0.0580. The third-order valence-corrected chi connectivity index (χ3v) is 2.76. The van der Waals surface area contributed by atoms with Gasteiger partial charge in [-0.25, -0.2) is 0 Å². The maximum absolute atomic E-state index is 5.56. The number of hydrogen-bond acceptors (Lipinski definition) is 2. The molecule has 0 bridgehead atoms. The largest absolute Gasteiger partial charge is 0.379 e. The van der Waals surface area contributed by atoms with Crippen molar-refractivity contribution in [3.8, 4) is 0 Å². The van der Waals surface area contributed by atoms with Crippen LogP contribution < -0.4 is 0 Å². The third-order valence-electron chi connectivity index (χ3n) is 2.76. The van der Waals surface area contributed by atoms with Gasteiger partial charge in [0.05, 0.1) is 18.8 Å². The maximum Gasteiger partial charge on any atom is 0.0857 e. The van der Waals surface area contributed by atoms with Crippen LogP contribution in [0.25, 0.3) is 0 Å². The van der Waals surface area contributed by atoms with Gasteiger partial charge < -0.3 is 9.47 Å². The SMILES string of the molecule is COC1CO[C@H]2CCCC12. The predicted octanol–water partition coefficient (Wildman–Crippen LogP) is 1.20. The van der Waals surface area contributed by atoms with Crippen LogP contribution in [-0.2, 0) is 9.47 Å². The number of fused-ring (bicyclic) bond motifs is 1. The van der Waals surface area contributed by atoms with Crippen molar-refractivity contribution in [2.45, 2.75) is 31.5 Å². The molecule has 3 atom stereocenters. The van der Waals surface area contributed by atoms with E-state index < -0.39 is 0 Å². The average molecular weight is 142 g/mol. The smallest absolute Gasteiger partial charge is 0.0857 e. The Morgan fingerprint density at radius 2 is 2.30 bits per heavy atom. The molecule has 10 heavy (non-hydrogen) atoms. The molecule has 1 saturated heterocycles. The fourth-order valence-corrected chi connectivity index (χ4v) is 2.17. The van der Waals surface area contributed by atoms with Crippen molar-refractivity contribution < 1.29 is 9.47 Å². The van der Waals surface area contributed by atoms with Gasteiger partial charge in [0.25, 0.3) is 0 Å². The first-order chi connectivity index (χ1) is 4.92. The Balaban J connectivity index is 2.01. The molecule has 0 aromatic rings. The highest BCUT2D eigenvalue weighted by atomic mass is 16.5. The normalized spacial score (nSPS) is 45.9. The molecule has 1 aliphatic carbocycles. The number of hydrogen-bond donors (Lipinski definition) is 0. The van der Waals surface area contributed by atoms with Crippen LogP contribution in [0.1, 0.15) is 19.3 Å². The first-order valence-electron chi connectivity index (χ1n) is 4.06. The van der Waals surface area contributed by atoms with E-state index in [2.05, 4.69) is 0 Å². The summed E-state index contributed by atoms with van der Waals surface area (Å²) >= 11 is 0. The molecule has 0 radical (unpaired) electrons. The van der Waals surface area contributed by atoms with E-state index in [1.54, 1.807) is 7.11 Å². The first kappa shape index (κ1) is 6.62. The van der Waals surface area contributed by atoms with Crippen LogP contribution >= 0.6 is 0 Å². The molecule has 0 amide bonds. The summed E-state index contributed by atoms with van der Waals surface area (Å²) in [5, 5.41) is 0. The number of methoxy groups -OCH3 is 1. The zero-order chi connectivity index (χ0) is 6.97. The van der Waals surface area contributed by atoms with Gasteiger partial charge in [-0.1, -0.05) is 6.42 Å². The van der Waals surface area contributed by atoms with E-state index in [0.717, 1.165) is 6.61 Å². The van der Waals surface area contributed by atoms with Crippen molar-refractivity contribution >= 4 is 0 Å². The maximum atomic E-state index is 5.56. The Hall–Kier alpha value is -0.0800. The third kappa shape index (κ3) is 0.867. The van der Waals surface area contributed by atoms with Crippen molar-refractivity contribution in [1.29, 1.82) is 0 Å². The second-order valence-electron chi connectivity index (χ2n) is 3.24. The minimum Gasteiger partial charge on any atom is -0.379 e. The highest BCUT2D eigenvalue weighted by Crippen LogP contribution is 2.36. The summed E-state index contributed by atoms with van der Waals surface area (Å²) in [6, 6.07) is 0. The molecular weight excluding hydrogens is 128 g/mol.